The van der Waals surface area contributed by atoms with Crippen LogP contribution >= 0.6 is 23.1 Å². The zero-order chi connectivity index (χ0) is 45.5. The number of thioether (sulfide) groups is 1. The van der Waals surface area contributed by atoms with Crippen molar-refractivity contribution in [1.82, 2.24) is 0 Å². The van der Waals surface area contributed by atoms with Gasteiger partial charge in [0.1, 0.15) is 4.70 Å². The van der Waals surface area contributed by atoms with E-state index in [-0.39, 0.29) is 0 Å². The summed E-state index contributed by atoms with van der Waals surface area (Å²) < 4.78 is 31.3. The maximum absolute atomic E-state index is 13.7. The van der Waals surface area contributed by atoms with Gasteiger partial charge in [-0.25, -0.2) is 8.42 Å². The van der Waals surface area contributed by atoms with Crippen LogP contribution in [-0.2, 0) is 28.1 Å². The van der Waals surface area contributed by atoms with Crippen LogP contribution in [0, 0.1) is 5.92 Å². The first-order valence-electron chi connectivity index (χ1n) is 25.3. The molecule has 3 aliphatic rings. The lowest BCUT2D eigenvalue weighted by Gasteiger charge is -2.29. The van der Waals surface area contributed by atoms with Crippen molar-refractivity contribution in [2.45, 2.75) is 173 Å². The van der Waals surface area contributed by atoms with Gasteiger partial charge in [0, 0.05) is 44.7 Å². The highest BCUT2D eigenvalue weighted by Crippen LogP contribution is 2.48. The fourth-order valence-corrected chi connectivity index (χ4v) is 14.3. The van der Waals surface area contributed by atoms with Crippen molar-refractivity contribution in [3.8, 4) is 0 Å². The summed E-state index contributed by atoms with van der Waals surface area (Å²) in [4.78, 5) is 7.22. The Balaban J connectivity index is 1.04. The predicted molar refractivity (Wildman–Crippen MR) is 283 cm³/mol. The fourth-order valence-electron chi connectivity index (χ4n) is 9.79. The third-order valence-corrected chi connectivity index (χ3v) is 18.6. The van der Waals surface area contributed by atoms with Gasteiger partial charge in [-0.3, -0.25) is 0 Å². The molecule has 348 valence electrons. The van der Waals surface area contributed by atoms with E-state index in [0.29, 0.717) is 5.92 Å². The molecule has 1 aliphatic heterocycles. The lowest BCUT2D eigenvalue weighted by molar-refractivity contribution is -0.669. The first-order valence-corrected chi connectivity index (χ1v) is 29.3. The second-order valence-electron chi connectivity index (χ2n) is 18.6. The van der Waals surface area contributed by atoms with Crippen molar-refractivity contribution in [3.63, 3.8) is 0 Å². The zero-order valence-electron chi connectivity index (χ0n) is 39.5. The number of hydrogen-bond acceptors (Lipinski definition) is 5. The number of benzene rings is 4. The number of thiazole rings is 1. The molecule has 0 spiro atoms. The molecule has 3 unspecified atom stereocenters. The van der Waals surface area contributed by atoms with Gasteiger partial charge in [-0.1, -0.05) is 169 Å². The van der Waals surface area contributed by atoms with Gasteiger partial charge in [-0.15, -0.1) is 0 Å². The van der Waals surface area contributed by atoms with Gasteiger partial charge in [-0.2, -0.15) is 4.57 Å². The van der Waals surface area contributed by atoms with Gasteiger partial charge in [0.15, 0.2) is 6.54 Å². The lowest BCUT2D eigenvalue weighted by atomic mass is 9.77. The molecule has 0 bridgehead atoms. The third-order valence-electron chi connectivity index (χ3n) is 13.6. The molecular weight excluding hydrogens is 885 g/mol. The van der Waals surface area contributed by atoms with Crippen molar-refractivity contribution >= 4 is 66.7 Å². The Hall–Kier alpha value is -3.82. The van der Waals surface area contributed by atoms with Crippen molar-refractivity contribution in [2.24, 2.45) is 5.92 Å². The number of anilines is 1. The minimum absolute atomic E-state index is 0.601. The van der Waals surface area contributed by atoms with Crippen molar-refractivity contribution in [2.75, 3.05) is 11.4 Å². The average Bonchev–Trinajstić information content (AvgIpc) is 3.88. The Kier molecular flexibility index (Phi) is 18.4. The van der Waals surface area contributed by atoms with E-state index in [1.807, 2.05) is 83.8 Å². The molecule has 0 saturated carbocycles. The van der Waals surface area contributed by atoms with Crippen LogP contribution in [0.2, 0.25) is 0 Å². The summed E-state index contributed by atoms with van der Waals surface area (Å²) in [6.07, 6.45) is 35.2. The average molecular weight is 956 g/mol. The first kappa shape index (κ1) is 48.6. The molecule has 2 heterocycles. The van der Waals surface area contributed by atoms with Gasteiger partial charge in [0.25, 0.3) is 5.01 Å². The van der Waals surface area contributed by atoms with Crippen LogP contribution in [-0.4, -0.2) is 15.0 Å². The maximum atomic E-state index is 13.7. The quantitative estimate of drug-likeness (QED) is 0.0456. The normalized spacial score (nSPS) is 18.1. The summed E-state index contributed by atoms with van der Waals surface area (Å²) in [6.45, 7) is 6.53. The van der Waals surface area contributed by atoms with Gasteiger partial charge in [-0.05, 0) is 122 Å². The number of hydrogen-bond donors (Lipinski definition) is 0. The van der Waals surface area contributed by atoms with E-state index in [2.05, 4.69) is 84.0 Å². The number of aromatic nitrogens is 1. The molecule has 0 saturated heterocycles. The highest BCUT2D eigenvalue weighted by molar-refractivity contribution is 8.03. The van der Waals surface area contributed by atoms with Crippen molar-refractivity contribution in [3.05, 3.63) is 142 Å². The standard InChI is InChI=1S/C58H71N2O2S4/c1-3-5-7-9-11-13-15-23-37-59-53-43-51(65(61)49-25-19-17-20-26-49)33-35-55(53)63-57(59)41-45-29-31-47-32-30-46(40-48(47)39-45)42-58-60(38-24-16-14-12-10-8-6-4-2)54-44-52(34-36-56(54)64-58)66(62)50-27-21-18-22-28-50/h17-22,25-28,33-36,39-44,47H,3-16,23-24,29-32,37-38H2,1-2H3/q+1. The largest absolute Gasteiger partial charge is 0.335 e. The molecule has 0 N–H and O–H groups in total. The number of unbranched alkanes of at least 4 members (excludes halogenated alkanes) is 14. The molecule has 0 fully saturated rings. The summed E-state index contributed by atoms with van der Waals surface area (Å²) in [6, 6.07) is 32.7. The second kappa shape index (κ2) is 25.0. The molecule has 8 rings (SSSR count). The lowest BCUT2D eigenvalue weighted by Crippen LogP contribution is -2.35. The monoisotopic (exact) mass is 955 g/mol. The highest BCUT2D eigenvalue weighted by atomic mass is 32.2. The topological polar surface area (TPSA) is 41.3 Å². The Labute approximate surface area is 409 Å². The van der Waals surface area contributed by atoms with Crippen LogP contribution in [0.4, 0.5) is 5.69 Å². The summed E-state index contributed by atoms with van der Waals surface area (Å²) in [5, 5.41) is 2.60. The van der Waals surface area contributed by atoms with Crippen LogP contribution < -0.4 is 9.47 Å². The van der Waals surface area contributed by atoms with E-state index in [1.165, 1.54) is 150 Å². The minimum Gasteiger partial charge on any atom is -0.335 e. The van der Waals surface area contributed by atoms with Crippen molar-refractivity contribution < 1.29 is 13.0 Å². The molecule has 0 amide bonds. The molecule has 8 heteroatoms. The molecule has 3 atom stereocenters. The van der Waals surface area contributed by atoms with E-state index in [9.17, 15) is 8.42 Å². The summed E-state index contributed by atoms with van der Waals surface area (Å²) in [5.41, 5.74) is 6.70. The van der Waals surface area contributed by atoms with Gasteiger partial charge < -0.3 is 4.90 Å². The fraction of sp³-hybridized carbons (Fsp3) is 0.431. The predicted octanol–water partition coefficient (Wildman–Crippen LogP) is 16.7. The number of rotatable bonds is 24. The maximum Gasteiger partial charge on any atom is 0.263 e. The van der Waals surface area contributed by atoms with Gasteiger partial charge in [0.05, 0.1) is 37.2 Å². The SMILES string of the molecule is CCCCCCCCCCN1/C(=C/C2=CC3=C/C(=C/c4sc5ccc(S(=O)c6ccccc6)cc5[n+]4CCCCCCCCCC)CCC3CC2)Sc2ccc(S(=O)c3ccccc3)cc21. The number of fused-ring (bicyclic) bond motifs is 3. The minimum atomic E-state index is -1.22. The van der Waals surface area contributed by atoms with Crippen LogP contribution in [0.5, 0.6) is 0 Å². The van der Waals surface area contributed by atoms with Gasteiger partial charge in [0.2, 0.25) is 5.52 Å². The zero-order valence-corrected chi connectivity index (χ0v) is 42.8. The third kappa shape index (κ3) is 12.8. The Morgan fingerprint density at radius 1 is 0.621 bits per heavy atom. The second-order valence-corrected chi connectivity index (χ2v) is 23.6. The Morgan fingerprint density at radius 3 is 1.88 bits per heavy atom. The molecule has 4 aromatic carbocycles. The van der Waals surface area contributed by atoms with E-state index < -0.39 is 21.6 Å². The first-order chi connectivity index (χ1) is 32.5. The number of allylic oxidation sites excluding steroid dienone is 6. The number of nitrogens with zero attached hydrogens (tertiary/aromatic N) is 2. The Bertz CT molecular complexity index is 2550. The summed E-state index contributed by atoms with van der Waals surface area (Å²) in [5.74, 6) is 0.601. The number of aryl methyl sites for hydroxylation is 1. The molecule has 1 aromatic heterocycles. The Morgan fingerprint density at radius 2 is 1.21 bits per heavy atom. The summed E-state index contributed by atoms with van der Waals surface area (Å²) in [7, 11) is -2.44. The van der Waals surface area contributed by atoms with Crippen LogP contribution in [0.25, 0.3) is 16.3 Å². The molecular formula is C58H71N2O2S4+. The van der Waals surface area contributed by atoms with E-state index in [0.717, 1.165) is 58.4 Å². The molecule has 5 aromatic rings. The summed E-state index contributed by atoms with van der Waals surface area (Å²) >= 11 is 3.76. The van der Waals surface area contributed by atoms with Crippen LogP contribution in [0.3, 0.4) is 0 Å². The van der Waals surface area contributed by atoms with E-state index in [1.54, 1.807) is 0 Å². The highest BCUT2D eigenvalue weighted by Gasteiger charge is 2.29. The molecule has 0 radical (unpaired) electrons. The van der Waals surface area contributed by atoms with Gasteiger partial charge >= 0.3 is 0 Å². The van der Waals surface area contributed by atoms with Crippen LogP contribution in [0.1, 0.15) is 147 Å². The molecule has 66 heavy (non-hydrogen) atoms. The van der Waals surface area contributed by atoms with Crippen LogP contribution in [0.15, 0.2) is 162 Å². The van der Waals surface area contributed by atoms with E-state index >= 15 is 0 Å². The molecule has 2 aliphatic carbocycles. The van der Waals surface area contributed by atoms with E-state index in [4.69, 9.17) is 0 Å². The molecule has 4 nitrogen and oxygen atoms in total. The smallest absolute Gasteiger partial charge is 0.263 e. The van der Waals surface area contributed by atoms with Crippen molar-refractivity contribution in [1.29, 1.82) is 0 Å².